The Morgan fingerprint density at radius 2 is 1.82 bits per heavy atom. The van der Waals surface area contributed by atoms with Gasteiger partial charge < -0.3 is 19.3 Å². The van der Waals surface area contributed by atoms with Crippen LogP contribution in [0.1, 0.15) is 22.8 Å². The van der Waals surface area contributed by atoms with Crippen molar-refractivity contribution in [2.24, 2.45) is 0 Å². The molecular formula is C20H18F2O6. The van der Waals surface area contributed by atoms with Crippen molar-refractivity contribution in [3.63, 3.8) is 0 Å². The van der Waals surface area contributed by atoms with Gasteiger partial charge in [0.25, 0.3) is 0 Å². The molecule has 1 unspecified atom stereocenters. The number of ether oxygens (including phenoxy) is 3. The van der Waals surface area contributed by atoms with Crippen LogP contribution in [0.5, 0.6) is 17.2 Å². The predicted molar refractivity (Wildman–Crippen MR) is 97.2 cm³/mol. The molecule has 0 aliphatic rings. The van der Waals surface area contributed by atoms with Crippen molar-refractivity contribution < 1.29 is 37.7 Å². The van der Waals surface area contributed by atoms with E-state index in [0.717, 1.165) is 0 Å². The molecule has 0 spiro atoms. The molecule has 8 heteroatoms. The van der Waals surface area contributed by atoms with Gasteiger partial charge in [-0.1, -0.05) is 18.2 Å². The topological polar surface area (TPSA) is 82.1 Å². The second-order valence-electron chi connectivity index (χ2n) is 5.61. The maximum Gasteiger partial charge on any atom is 0.387 e. The smallest absolute Gasteiger partial charge is 0.387 e. The van der Waals surface area contributed by atoms with Crippen LogP contribution in [0.2, 0.25) is 0 Å². The van der Waals surface area contributed by atoms with E-state index in [1.54, 1.807) is 24.3 Å². The van der Waals surface area contributed by atoms with E-state index in [1.165, 1.54) is 44.4 Å². The molecule has 28 heavy (non-hydrogen) atoms. The van der Waals surface area contributed by atoms with Gasteiger partial charge >= 0.3 is 12.6 Å². The van der Waals surface area contributed by atoms with Gasteiger partial charge in [-0.15, -0.1) is 0 Å². The summed E-state index contributed by atoms with van der Waals surface area (Å²) in [6.45, 7) is -1.60. The summed E-state index contributed by atoms with van der Waals surface area (Å²) in [6, 6.07) is 10.4. The number of halogens is 2. The molecule has 0 heterocycles. The number of rotatable bonds is 9. The van der Waals surface area contributed by atoms with Gasteiger partial charge in [-0.2, -0.15) is 8.78 Å². The number of carboxylic acids is 1. The molecule has 2 aromatic rings. The molecule has 148 valence electrons. The maximum absolute atomic E-state index is 12.4. The first kappa shape index (κ1) is 20.9. The summed E-state index contributed by atoms with van der Waals surface area (Å²) in [5.41, 5.74) is 0.842. The number of benzene rings is 2. The molecule has 0 aromatic heterocycles. The Morgan fingerprint density at radius 3 is 2.46 bits per heavy atom. The van der Waals surface area contributed by atoms with Crippen LogP contribution in [0.3, 0.4) is 0 Å². The number of hydrogen-bond donors (Lipinski definition) is 1. The van der Waals surface area contributed by atoms with E-state index in [0.29, 0.717) is 11.3 Å². The highest BCUT2D eigenvalue weighted by molar-refractivity contribution is 6.07. The van der Waals surface area contributed by atoms with Gasteiger partial charge in [-0.3, -0.25) is 4.79 Å². The lowest BCUT2D eigenvalue weighted by Gasteiger charge is -2.11. The third-order valence-corrected chi connectivity index (χ3v) is 3.61. The van der Waals surface area contributed by atoms with Gasteiger partial charge in [0.2, 0.25) is 0 Å². The first-order chi connectivity index (χ1) is 13.3. The minimum atomic E-state index is -3.01. The van der Waals surface area contributed by atoms with Crippen LogP contribution in [0.15, 0.2) is 48.5 Å². The van der Waals surface area contributed by atoms with E-state index in [2.05, 4.69) is 4.74 Å². The van der Waals surface area contributed by atoms with Crippen molar-refractivity contribution in [2.75, 3.05) is 7.11 Å². The molecule has 0 aliphatic carbocycles. The number of carbonyl (C=O) groups excluding carboxylic acids is 1. The van der Waals surface area contributed by atoms with E-state index in [1.807, 2.05) is 0 Å². The van der Waals surface area contributed by atoms with E-state index >= 15 is 0 Å². The molecule has 2 aromatic carbocycles. The molecule has 0 amide bonds. The fourth-order valence-electron chi connectivity index (χ4n) is 2.23. The molecule has 0 bridgehead atoms. The Balaban J connectivity index is 2.14. The fourth-order valence-corrected chi connectivity index (χ4v) is 2.23. The van der Waals surface area contributed by atoms with Gasteiger partial charge in [-0.05, 0) is 48.9 Å². The van der Waals surface area contributed by atoms with Gasteiger partial charge in [0.1, 0.15) is 5.75 Å². The number of methoxy groups -OCH3 is 1. The Hall–Kier alpha value is -3.42. The number of aliphatic carboxylic acids is 1. The van der Waals surface area contributed by atoms with Crippen LogP contribution in [0.25, 0.3) is 6.08 Å². The zero-order chi connectivity index (χ0) is 20.7. The average molecular weight is 392 g/mol. The summed E-state index contributed by atoms with van der Waals surface area (Å²) in [5, 5.41) is 8.88. The van der Waals surface area contributed by atoms with Crippen LogP contribution in [0.4, 0.5) is 8.78 Å². The number of carbonyl (C=O) groups is 2. The Bertz CT molecular complexity index is 879. The average Bonchev–Trinajstić information content (AvgIpc) is 2.66. The third-order valence-electron chi connectivity index (χ3n) is 3.61. The van der Waals surface area contributed by atoms with Gasteiger partial charge in [0, 0.05) is 5.56 Å². The van der Waals surface area contributed by atoms with Crippen molar-refractivity contribution >= 4 is 17.8 Å². The van der Waals surface area contributed by atoms with Crippen molar-refractivity contribution in [1.82, 2.24) is 0 Å². The van der Waals surface area contributed by atoms with E-state index in [4.69, 9.17) is 14.6 Å². The SMILES string of the molecule is COc1cc(C(=O)/C=C/c2cccc(OC(C)C(=O)O)c2)ccc1OC(F)F. The fraction of sp³-hybridized carbons (Fsp3) is 0.200. The van der Waals surface area contributed by atoms with Crippen molar-refractivity contribution in [3.05, 3.63) is 59.7 Å². The first-order valence-electron chi connectivity index (χ1n) is 8.15. The monoisotopic (exact) mass is 392 g/mol. The summed E-state index contributed by atoms with van der Waals surface area (Å²) >= 11 is 0. The second kappa shape index (κ2) is 9.50. The van der Waals surface area contributed by atoms with Crippen LogP contribution >= 0.6 is 0 Å². The summed E-state index contributed by atoms with van der Waals surface area (Å²) in [4.78, 5) is 23.2. The normalized spacial score (nSPS) is 12.0. The number of hydrogen-bond acceptors (Lipinski definition) is 5. The summed E-state index contributed by atoms with van der Waals surface area (Å²) in [7, 11) is 1.28. The Kier molecular flexibility index (Phi) is 7.08. The van der Waals surface area contributed by atoms with E-state index < -0.39 is 18.7 Å². The standard InChI is InChI=1S/C20H18F2O6/c1-12(19(24)25)27-15-5-3-4-13(10-15)6-8-16(23)14-7-9-17(28-20(21)22)18(11-14)26-2/h3-12,20H,1-2H3,(H,24,25)/b8-6+. The highest BCUT2D eigenvalue weighted by Crippen LogP contribution is 2.29. The summed E-state index contributed by atoms with van der Waals surface area (Å²) in [5.74, 6) is -1.29. The third kappa shape index (κ3) is 5.80. The lowest BCUT2D eigenvalue weighted by Crippen LogP contribution is -2.22. The van der Waals surface area contributed by atoms with Gasteiger partial charge in [0.15, 0.2) is 23.4 Å². The molecule has 0 aliphatic heterocycles. The highest BCUT2D eigenvalue weighted by atomic mass is 19.3. The number of carboxylic acid groups (broad SMARTS) is 1. The van der Waals surface area contributed by atoms with Crippen LogP contribution in [-0.2, 0) is 4.79 Å². The molecule has 2 rings (SSSR count). The van der Waals surface area contributed by atoms with Crippen LogP contribution in [-0.4, -0.2) is 36.7 Å². The first-order valence-corrected chi connectivity index (χ1v) is 8.15. The summed E-state index contributed by atoms with van der Waals surface area (Å²) in [6.07, 6.45) is 1.81. The molecule has 0 saturated heterocycles. The zero-order valence-electron chi connectivity index (χ0n) is 15.1. The quantitative estimate of drug-likeness (QED) is 0.512. The minimum absolute atomic E-state index is 0.0117. The van der Waals surface area contributed by atoms with Crippen molar-refractivity contribution in [3.8, 4) is 17.2 Å². The van der Waals surface area contributed by atoms with E-state index in [-0.39, 0.29) is 22.8 Å². The largest absolute Gasteiger partial charge is 0.493 e. The highest BCUT2D eigenvalue weighted by Gasteiger charge is 2.14. The summed E-state index contributed by atoms with van der Waals surface area (Å²) < 4.78 is 39.3. The molecule has 6 nitrogen and oxygen atoms in total. The maximum atomic E-state index is 12.4. The Morgan fingerprint density at radius 1 is 1.07 bits per heavy atom. The second-order valence-corrected chi connectivity index (χ2v) is 5.61. The van der Waals surface area contributed by atoms with Crippen molar-refractivity contribution in [2.45, 2.75) is 19.6 Å². The molecule has 0 fully saturated rings. The zero-order valence-corrected chi connectivity index (χ0v) is 15.1. The number of ketones is 1. The molecule has 1 atom stereocenters. The van der Waals surface area contributed by atoms with Gasteiger partial charge in [-0.25, -0.2) is 4.79 Å². The van der Waals surface area contributed by atoms with Gasteiger partial charge in [0.05, 0.1) is 7.11 Å². The van der Waals surface area contributed by atoms with Crippen LogP contribution in [0, 0.1) is 0 Å². The molecule has 1 N–H and O–H groups in total. The molecule has 0 saturated carbocycles. The van der Waals surface area contributed by atoms with Crippen LogP contribution < -0.4 is 14.2 Å². The number of allylic oxidation sites excluding steroid dienone is 1. The van der Waals surface area contributed by atoms with Crippen molar-refractivity contribution in [1.29, 1.82) is 0 Å². The lowest BCUT2D eigenvalue weighted by atomic mass is 10.1. The molecular weight excluding hydrogens is 374 g/mol. The Labute approximate surface area is 160 Å². The predicted octanol–water partition coefficient (Wildman–Crippen LogP) is 4.04. The number of alkyl halides is 2. The lowest BCUT2D eigenvalue weighted by molar-refractivity contribution is -0.144. The molecule has 0 radical (unpaired) electrons. The van der Waals surface area contributed by atoms with E-state index in [9.17, 15) is 18.4 Å². The minimum Gasteiger partial charge on any atom is -0.493 e.